The number of carbonyl (C=O) groups is 2. The summed E-state index contributed by atoms with van der Waals surface area (Å²) in [4.78, 5) is 22.6. The molecule has 1 unspecified atom stereocenters. The zero-order valence-corrected chi connectivity index (χ0v) is 11.5. The third kappa shape index (κ3) is 6.03. The van der Waals surface area contributed by atoms with Crippen molar-refractivity contribution in [3.05, 3.63) is 17.5 Å². The standard InChI is InChI=1S/C13H20N2O4/c1-8(2)4-10(6-13(17)18)14-12(16)7-11-5-9(3)15-19-11/h5,8,10H,4,6-7H2,1-3H3,(H,14,16)(H,17,18). The van der Waals surface area contributed by atoms with Crippen LogP contribution in [0.2, 0.25) is 0 Å². The Bertz CT molecular complexity index is 440. The van der Waals surface area contributed by atoms with Crippen LogP contribution in [0.3, 0.4) is 0 Å². The average molecular weight is 268 g/mol. The van der Waals surface area contributed by atoms with E-state index in [-0.39, 0.29) is 24.8 Å². The zero-order valence-electron chi connectivity index (χ0n) is 11.5. The largest absolute Gasteiger partial charge is 0.481 e. The lowest BCUT2D eigenvalue weighted by Gasteiger charge is -2.18. The van der Waals surface area contributed by atoms with E-state index in [4.69, 9.17) is 9.63 Å². The van der Waals surface area contributed by atoms with Gasteiger partial charge in [0, 0.05) is 12.1 Å². The highest BCUT2D eigenvalue weighted by Crippen LogP contribution is 2.09. The molecule has 2 N–H and O–H groups in total. The monoisotopic (exact) mass is 268 g/mol. The molecule has 0 spiro atoms. The van der Waals surface area contributed by atoms with E-state index in [1.807, 2.05) is 13.8 Å². The molecule has 0 saturated heterocycles. The van der Waals surface area contributed by atoms with Gasteiger partial charge in [0.25, 0.3) is 0 Å². The van der Waals surface area contributed by atoms with Gasteiger partial charge >= 0.3 is 5.97 Å². The van der Waals surface area contributed by atoms with Gasteiger partial charge < -0.3 is 14.9 Å². The summed E-state index contributed by atoms with van der Waals surface area (Å²) in [5.41, 5.74) is 0.715. The van der Waals surface area contributed by atoms with Gasteiger partial charge in [-0.2, -0.15) is 0 Å². The summed E-state index contributed by atoms with van der Waals surface area (Å²) in [6.45, 7) is 5.75. The minimum atomic E-state index is -0.915. The van der Waals surface area contributed by atoms with Gasteiger partial charge in [-0.05, 0) is 19.3 Å². The van der Waals surface area contributed by atoms with Crippen LogP contribution in [0.25, 0.3) is 0 Å². The van der Waals surface area contributed by atoms with Gasteiger partial charge in [0.1, 0.15) is 5.76 Å². The second kappa shape index (κ2) is 6.92. The molecule has 1 amide bonds. The first kappa shape index (κ1) is 15.2. The number of hydrogen-bond donors (Lipinski definition) is 2. The highest BCUT2D eigenvalue weighted by atomic mass is 16.5. The van der Waals surface area contributed by atoms with E-state index in [1.165, 1.54) is 0 Å². The van der Waals surface area contributed by atoms with Crippen molar-refractivity contribution in [3.8, 4) is 0 Å². The first-order chi connectivity index (χ1) is 8.86. The van der Waals surface area contributed by atoms with Crippen LogP contribution in [0.15, 0.2) is 10.6 Å². The number of aryl methyl sites for hydroxylation is 1. The first-order valence-electron chi connectivity index (χ1n) is 6.30. The summed E-state index contributed by atoms with van der Waals surface area (Å²) in [6, 6.07) is 1.34. The van der Waals surface area contributed by atoms with Crippen LogP contribution < -0.4 is 5.32 Å². The number of nitrogens with one attached hydrogen (secondary N) is 1. The maximum atomic E-state index is 11.8. The molecule has 1 heterocycles. The van der Waals surface area contributed by atoms with Crippen molar-refractivity contribution >= 4 is 11.9 Å². The van der Waals surface area contributed by atoms with Gasteiger partial charge in [-0.1, -0.05) is 19.0 Å². The molecule has 106 valence electrons. The molecule has 6 heteroatoms. The lowest BCUT2D eigenvalue weighted by molar-refractivity contribution is -0.137. The van der Waals surface area contributed by atoms with E-state index in [1.54, 1.807) is 13.0 Å². The smallest absolute Gasteiger partial charge is 0.305 e. The number of aromatic nitrogens is 1. The Labute approximate surface area is 112 Å². The first-order valence-corrected chi connectivity index (χ1v) is 6.30. The average Bonchev–Trinajstić information content (AvgIpc) is 2.61. The quantitative estimate of drug-likeness (QED) is 0.782. The summed E-state index contributed by atoms with van der Waals surface area (Å²) >= 11 is 0. The molecule has 0 fully saturated rings. The predicted octanol–water partition coefficient (Wildman–Crippen LogP) is 1.53. The molecule has 1 aromatic rings. The van der Waals surface area contributed by atoms with E-state index in [2.05, 4.69) is 10.5 Å². The Balaban J connectivity index is 2.52. The minimum absolute atomic E-state index is 0.0701. The lowest BCUT2D eigenvalue weighted by Crippen LogP contribution is -2.38. The molecule has 0 aliphatic heterocycles. The van der Waals surface area contributed by atoms with Crippen LogP contribution in [0.4, 0.5) is 0 Å². The summed E-state index contributed by atoms with van der Waals surface area (Å²) in [5, 5.41) is 15.2. The number of hydrogen-bond acceptors (Lipinski definition) is 4. The molecule has 1 aromatic heterocycles. The molecule has 0 aliphatic rings. The third-order valence-electron chi connectivity index (χ3n) is 2.55. The van der Waals surface area contributed by atoms with Crippen molar-refractivity contribution in [1.29, 1.82) is 0 Å². The van der Waals surface area contributed by atoms with Crippen LogP contribution >= 0.6 is 0 Å². The Morgan fingerprint density at radius 1 is 1.47 bits per heavy atom. The van der Waals surface area contributed by atoms with Gasteiger partial charge in [-0.3, -0.25) is 9.59 Å². The maximum absolute atomic E-state index is 11.8. The molecule has 0 aliphatic carbocycles. The van der Waals surface area contributed by atoms with Crippen molar-refractivity contribution in [2.45, 2.75) is 46.1 Å². The van der Waals surface area contributed by atoms with Crippen LogP contribution in [-0.4, -0.2) is 28.2 Å². The van der Waals surface area contributed by atoms with Crippen molar-refractivity contribution in [1.82, 2.24) is 10.5 Å². The summed E-state index contributed by atoms with van der Waals surface area (Å²) < 4.78 is 4.95. The minimum Gasteiger partial charge on any atom is -0.481 e. The maximum Gasteiger partial charge on any atom is 0.305 e. The van der Waals surface area contributed by atoms with Crippen molar-refractivity contribution in [2.75, 3.05) is 0 Å². The topological polar surface area (TPSA) is 92.4 Å². The molecule has 19 heavy (non-hydrogen) atoms. The van der Waals surface area contributed by atoms with E-state index < -0.39 is 5.97 Å². The van der Waals surface area contributed by atoms with Gasteiger partial charge in [-0.15, -0.1) is 0 Å². The molecule has 0 bridgehead atoms. The van der Waals surface area contributed by atoms with Crippen molar-refractivity contribution in [3.63, 3.8) is 0 Å². The van der Waals surface area contributed by atoms with Crippen molar-refractivity contribution < 1.29 is 19.2 Å². The highest BCUT2D eigenvalue weighted by molar-refractivity contribution is 5.79. The normalized spacial score (nSPS) is 12.4. The predicted molar refractivity (Wildman–Crippen MR) is 68.6 cm³/mol. The molecule has 0 saturated carbocycles. The summed E-state index contributed by atoms with van der Waals surface area (Å²) in [5.74, 6) is -0.365. The van der Waals surface area contributed by atoms with E-state index >= 15 is 0 Å². The second-order valence-electron chi connectivity index (χ2n) is 5.10. The van der Waals surface area contributed by atoms with Gasteiger partial charge in [0.2, 0.25) is 5.91 Å². The van der Waals surface area contributed by atoms with Crippen LogP contribution in [0, 0.1) is 12.8 Å². The number of rotatable bonds is 7. The molecule has 0 aromatic carbocycles. The molecule has 1 rings (SSSR count). The van der Waals surface area contributed by atoms with Crippen LogP contribution in [-0.2, 0) is 16.0 Å². The SMILES string of the molecule is Cc1cc(CC(=O)NC(CC(=O)O)CC(C)C)on1. The van der Waals surface area contributed by atoms with Gasteiger partial charge in [-0.25, -0.2) is 0 Å². The third-order valence-corrected chi connectivity index (χ3v) is 2.55. The number of nitrogens with zero attached hydrogens (tertiary/aromatic N) is 1. The van der Waals surface area contributed by atoms with Gasteiger partial charge in [0.15, 0.2) is 0 Å². The molecule has 6 nitrogen and oxygen atoms in total. The fraction of sp³-hybridized carbons (Fsp3) is 0.615. The summed E-state index contributed by atoms with van der Waals surface area (Å²) in [6.07, 6.45) is 0.641. The molecular weight excluding hydrogens is 248 g/mol. The number of carboxylic acids is 1. The Morgan fingerprint density at radius 2 is 2.16 bits per heavy atom. The van der Waals surface area contributed by atoms with Crippen molar-refractivity contribution in [2.24, 2.45) is 5.92 Å². The Morgan fingerprint density at radius 3 is 2.63 bits per heavy atom. The van der Waals surface area contributed by atoms with Crippen LogP contribution in [0.1, 0.15) is 38.1 Å². The molecular formula is C13H20N2O4. The van der Waals surface area contributed by atoms with E-state index in [9.17, 15) is 9.59 Å². The zero-order chi connectivity index (χ0) is 14.4. The van der Waals surface area contributed by atoms with Crippen LogP contribution in [0.5, 0.6) is 0 Å². The number of amides is 1. The highest BCUT2D eigenvalue weighted by Gasteiger charge is 2.18. The van der Waals surface area contributed by atoms with Gasteiger partial charge in [0.05, 0.1) is 18.5 Å². The van der Waals surface area contributed by atoms with E-state index in [0.29, 0.717) is 23.8 Å². The van der Waals surface area contributed by atoms with E-state index in [0.717, 1.165) is 0 Å². The summed E-state index contributed by atoms with van der Waals surface area (Å²) in [7, 11) is 0. The Hall–Kier alpha value is -1.85. The number of carboxylic acid groups (broad SMARTS) is 1. The molecule has 1 atom stereocenters. The fourth-order valence-corrected chi connectivity index (χ4v) is 1.91. The second-order valence-corrected chi connectivity index (χ2v) is 5.10. The number of aliphatic carboxylic acids is 1. The number of carbonyl (C=O) groups excluding carboxylic acids is 1. The lowest BCUT2D eigenvalue weighted by atomic mass is 10.0. The Kier molecular flexibility index (Phi) is 5.54. The fourth-order valence-electron chi connectivity index (χ4n) is 1.91. The molecule has 0 radical (unpaired) electrons.